The minimum atomic E-state index is 0.00231. The highest BCUT2D eigenvalue weighted by molar-refractivity contribution is 5.73. The van der Waals surface area contributed by atoms with Gasteiger partial charge in [0.2, 0.25) is 0 Å². The molecule has 1 unspecified atom stereocenters. The van der Waals surface area contributed by atoms with Crippen molar-refractivity contribution in [2.75, 3.05) is 11.1 Å². The molecule has 2 rings (SSSR count). The molecule has 1 heterocycles. The number of rotatable bonds is 3. The molecule has 0 saturated carbocycles. The smallest absolute Gasteiger partial charge is 0.139 e. The van der Waals surface area contributed by atoms with Gasteiger partial charge in [-0.2, -0.15) is 5.26 Å². The summed E-state index contributed by atoms with van der Waals surface area (Å²) in [5.74, 6) is 0.785. The number of aryl methyl sites for hydroxylation is 2. The van der Waals surface area contributed by atoms with Crippen LogP contribution in [0.15, 0.2) is 22.7 Å². The number of anilines is 2. The zero-order valence-electron chi connectivity index (χ0n) is 11.2. The number of nitrogens with two attached hydrogens (primary N) is 1. The molecule has 0 amide bonds. The van der Waals surface area contributed by atoms with Crippen LogP contribution in [0.4, 0.5) is 11.4 Å². The molecule has 2 aromatic rings. The highest BCUT2D eigenvalue weighted by Gasteiger charge is 2.17. The second-order valence-corrected chi connectivity index (χ2v) is 4.48. The van der Waals surface area contributed by atoms with Gasteiger partial charge in [0.25, 0.3) is 0 Å². The Kier molecular flexibility index (Phi) is 3.43. The number of hydrogen-bond donors (Lipinski definition) is 2. The quantitative estimate of drug-likeness (QED) is 0.824. The average molecular weight is 256 g/mol. The molecule has 5 heteroatoms. The van der Waals surface area contributed by atoms with Crippen LogP contribution in [0.3, 0.4) is 0 Å². The van der Waals surface area contributed by atoms with Crippen molar-refractivity contribution in [1.29, 1.82) is 5.26 Å². The Morgan fingerprint density at radius 3 is 2.74 bits per heavy atom. The largest absolute Gasteiger partial charge is 0.396 e. The Balaban J connectivity index is 2.30. The van der Waals surface area contributed by atoms with Gasteiger partial charge >= 0.3 is 0 Å². The lowest BCUT2D eigenvalue weighted by Gasteiger charge is -2.17. The maximum absolute atomic E-state index is 8.97. The van der Waals surface area contributed by atoms with Crippen LogP contribution >= 0.6 is 0 Å². The molecular formula is C14H16N4O. The Bertz CT molecular complexity index is 620. The lowest BCUT2D eigenvalue weighted by molar-refractivity contribution is 0.392. The Morgan fingerprint density at radius 2 is 2.16 bits per heavy atom. The first-order valence-corrected chi connectivity index (χ1v) is 6.02. The lowest BCUT2D eigenvalue weighted by atomic mass is 10.1. The summed E-state index contributed by atoms with van der Waals surface area (Å²) in [6, 6.07) is 7.42. The zero-order chi connectivity index (χ0) is 14.0. The molecule has 3 N–H and O–H groups in total. The molecule has 5 nitrogen and oxygen atoms in total. The van der Waals surface area contributed by atoms with E-state index >= 15 is 0 Å². The van der Waals surface area contributed by atoms with Crippen molar-refractivity contribution in [3.63, 3.8) is 0 Å². The van der Waals surface area contributed by atoms with Crippen molar-refractivity contribution in [3.8, 4) is 6.07 Å². The summed E-state index contributed by atoms with van der Waals surface area (Å²) < 4.78 is 5.16. The first-order valence-electron chi connectivity index (χ1n) is 6.02. The highest BCUT2D eigenvalue weighted by atomic mass is 16.5. The van der Waals surface area contributed by atoms with E-state index in [0.29, 0.717) is 11.3 Å². The molecule has 0 aliphatic heterocycles. The standard InChI is InChI=1S/C14H16N4O/c1-8(13-9(2)18-19-10(13)3)17-12-6-4-5-11(7-15)14(12)16/h4-6,8,17H,16H2,1-3H3. The predicted molar refractivity (Wildman–Crippen MR) is 73.6 cm³/mol. The number of nitrogens with one attached hydrogen (secondary N) is 1. The van der Waals surface area contributed by atoms with Crippen LogP contribution in [0, 0.1) is 25.2 Å². The molecule has 0 radical (unpaired) electrons. The Morgan fingerprint density at radius 1 is 1.42 bits per heavy atom. The minimum absolute atomic E-state index is 0.00231. The van der Waals surface area contributed by atoms with Crippen LogP contribution in [-0.4, -0.2) is 5.16 Å². The van der Waals surface area contributed by atoms with Crippen LogP contribution in [0.2, 0.25) is 0 Å². The SMILES string of the molecule is Cc1noc(C)c1C(C)Nc1cccc(C#N)c1N. The number of nitrogen functional groups attached to an aromatic ring is 1. The predicted octanol–water partition coefficient (Wildman–Crippen LogP) is 2.92. The number of para-hydroxylation sites is 1. The number of hydrogen-bond acceptors (Lipinski definition) is 5. The third-order valence-electron chi connectivity index (χ3n) is 3.12. The molecule has 0 fully saturated rings. The van der Waals surface area contributed by atoms with Crippen LogP contribution in [0.25, 0.3) is 0 Å². The van der Waals surface area contributed by atoms with E-state index in [2.05, 4.69) is 16.5 Å². The summed E-state index contributed by atoms with van der Waals surface area (Å²) in [6.45, 7) is 5.78. The second kappa shape index (κ2) is 5.02. The zero-order valence-corrected chi connectivity index (χ0v) is 11.2. The maximum atomic E-state index is 8.97. The van der Waals surface area contributed by atoms with Gasteiger partial charge in [0.15, 0.2) is 0 Å². The second-order valence-electron chi connectivity index (χ2n) is 4.48. The molecule has 19 heavy (non-hydrogen) atoms. The van der Waals surface area contributed by atoms with Gasteiger partial charge < -0.3 is 15.6 Å². The van der Waals surface area contributed by atoms with Crippen molar-refractivity contribution in [1.82, 2.24) is 5.16 Å². The van der Waals surface area contributed by atoms with Gasteiger partial charge in [-0.25, -0.2) is 0 Å². The van der Waals surface area contributed by atoms with Crippen molar-refractivity contribution >= 4 is 11.4 Å². The van der Waals surface area contributed by atoms with E-state index in [1.54, 1.807) is 12.1 Å². The lowest BCUT2D eigenvalue weighted by Crippen LogP contribution is -2.10. The third kappa shape index (κ3) is 2.38. The average Bonchev–Trinajstić information content (AvgIpc) is 2.71. The van der Waals surface area contributed by atoms with E-state index in [9.17, 15) is 0 Å². The first-order chi connectivity index (χ1) is 9.04. The van der Waals surface area contributed by atoms with Crippen LogP contribution in [0.1, 0.15) is 35.5 Å². The topological polar surface area (TPSA) is 87.9 Å². The third-order valence-corrected chi connectivity index (χ3v) is 3.12. The summed E-state index contributed by atoms with van der Waals surface area (Å²) >= 11 is 0. The fourth-order valence-electron chi connectivity index (χ4n) is 2.20. The van der Waals surface area contributed by atoms with Crippen molar-refractivity contribution < 1.29 is 4.52 Å². The first kappa shape index (κ1) is 13.0. The van der Waals surface area contributed by atoms with Crippen LogP contribution in [-0.2, 0) is 0 Å². The van der Waals surface area contributed by atoms with E-state index in [0.717, 1.165) is 22.7 Å². The summed E-state index contributed by atoms with van der Waals surface area (Å²) in [5.41, 5.74) is 9.49. The molecule has 0 aliphatic rings. The molecule has 0 spiro atoms. The van der Waals surface area contributed by atoms with Crippen LogP contribution < -0.4 is 11.1 Å². The van der Waals surface area contributed by atoms with Crippen molar-refractivity contribution in [2.24, 2.45) is 0 Å². The molecule has 0 bridgehead atoms. The van der Waals surface area contributed by atoms with Crippen molar-refractivity contribution in [2.45, 2.75) is 26.8 Å². The fourth-order valence-corrected chi connectivity index (χ4v) is 2.20. The molecule has 1 aromatic heterocycles. The summed E-state index contributed by atoms with van der Waals surface area (Å²) in [6.07, 6.45) is 0. The van der Waals surface area contributed by atoms with Gasteiger partial charge in [0.05, 0.1) is 28.7 Å². The van der Waals surface area contributed by atoms with E-state index in [4.69, 9.17) is 15.5 Å². The van der Waals surface area contributed by atoms with Gasteiger partial charge in [0.1, 0.15) is 11.8 Å². The molecule has 0 aliphatic carbocycles. The van der Waals surface area contributed by atoms with Gasteiger partial charge in [-0.15, -0.1) is 0 Å². The summed E-state index contributed by atoms with van der Waals surface area (Å²) in [5, 5.41) is 16.2. The summed E-state index contributed by atoms with van der Waals surface area (Å²) in [7, 11) is 0. The Labute approximate surface area is 112 Å². The van der Waals surface area contributed by atoms with E-state index in [-0.39, 0.29) is 6.04 Å². The maximum Gasteiger partial charge on any atom is 0.139 e. The Hall–Kier alpha value is -2.48. The number of nitrogens with zero attached hydrogens (tertiary/aromatic N) is 2. The van der Waals surface area contributed by atoms with E-state index in [1.807, 2.05) is 26.8 Å². The van der Waals surface area contributed by atoms with E-state index in [1.165, 1.54) is 0 Å². The normalized spacial score (nSPS) is 11.9. The van der Waals surface area contributed by atoms with Crippen molar-refractivity contribution in [3.05, 3.63) is 40.8 Å². The molecular weight excluding hydrogens is 240 g/mol. The molecule has 1 atom stereocenters. The molecule has 1 aromatic carbocycles. The summed E-state index contributed by atoms with van der Waals surface area (Å²) in [4.78, 5) is 0. The van der Waals surface area contributed by atoms with Gasteiger partial charge in [-0.05, 0) is 32.9 Å². The van der Waals surface area contributed by atoms with Gasteiger partial charge in [-0.1, -0.05) is 11.2 Å². The minimum Gasteiger partial charge on any atom is -0.396 e. The molecule has 0 saturated heterocycles. The fraction of sp³-hybridized carbons (Fsp3) is 0.286. The van der Waals surface area contributed by atoms with Gasteiger partial charge in [0, 0.05) is 5.56 Å². The number of aromatic nitrogens is 1. The van der Waals surface area contributed by atoms with Crippen LogP contribution in [0.5, 0.6) is 0 Å². The van der Waals surface area contributed by atoms with Gasteiger partial charge in [-0.3, -0.25) is 0 Å². The monoisotopic (exact) mass is 256 g/mol. The number of benzene rings is 1. The molecule has 98 valence electrons. The highest BCUT2D eigenvalue weighted by Crippen LogP contribution is 2.29. The van der Waals surface area contributed by atoms with E-state index < -0.39 is 0 Å². The number of nitriles is 1.